The Kier molecular flexibility index (Phi) is 38.3. The summed E-state index contributed by atoms with van der Waals surface area (Å²) in [5.74, 6) is -0.295. The zero-order valence-electron chi connectivity index (χ0n) is 47.3. The molecule has 79 heavy (non-hydrogen) atoms. The number of allylic oxidation sites excluding steroid dienone is 11. The molecule has 456 valence electrons. The molecule has 0 radical (unpaired) electrons. The van der Waals surface area contributed by atoms with E-state index in [1.165, 1.54) is 51.4 Å². The smallest absolute Gasteiger partial charge is 0.220 e. The summed E-state index contributed by atoms with van der Waals surface area (Å²) in [4.78, 5) is 13.3. The van der Waals surface area contributed by atoms with Crippen molar-refractivity contribution >= 4 is 5.91 Å². The van der Waals surface area contributed by atoms with Crippen LogP contribution in [0.25, 0.3) is 0 Å². The minimum Gasteiger partial charge on any atom is -0.394 e. The van der Waals surface area contributed by atoms with Gasteiger partial charge < -0.3 is 89.9 Å². The fourth-order valence-electron chi connectivity index (χ4n) is 9.61. The minimum atomic E-state index is -1.98. The van der Waals surface area contributed by atoms with E-state index >= 15 is 0 Å². The van der Waals surface area contributed by atoms with Gasteiger partial charge in [-0.25, -0.2) is 0 Å². The third-order valence-electron chi connectivity index (χ3n) is 14.5. The first-order valence-corrected chi connectivity index (χ1v) is 29.7. The third kappa shape index (κ3) is 27.0. The molecule has 1 amide bonds. The number of hydrogen-bond acceptors (Lipinski definition) is 18. The van der Waals surface area contributed by atoms with Gasteiger partial charge in [0.2, 0.25) is 5.91 Å². The number of amides is 1. The molecule has 0 aliphatic carbocycles. The van der Waals surface area contributed by atoms with Crippen LogP contribution in [0.3, 0.4) is 0 Å². The van der Waals surface area contributed by atoms with E-state index in [4.69, 9.17) is 28.4 Å². The standard InChI is InChI=1S/C60H103NO18/c1-3-5-7-9-11-13-14-15-16-17-18-19-20-21-22-23-24-25-26-27-28-30-32-34-36-38-48(66)61-43(44(65)37-35-33-31-29-12-10-8-6-4-2)42-74-58-54(72)51(69)56(46(40-63)76-58)79-60-55(73)52(70)57(47(41-64)77-60)78-59-53(71)50(68)49(67)45(39-62)75-59/h5,7,11-13,15-16,18-19,29,35,37,43-47,49-60,62-65,67-73H,3-4,6,8-10,14,17,20-28,30-34,36,38-42H2,1-2H3,(H,61,66)/b7-5-,13-11-,16-15-,19-18-,29-12+,37-35+. The third-order valence-corrected chi connectivity index (χ3v) is 14.5. The van der Waals surface area contributed by atoms with Crippen molar-refractivity contribution < 1.29 is 89.4 Å². The van der Waals surface area contributed by atoms with Crippen LogP contribution in [0.1, 0.15) is 168 Å². The van der Waals surface area contributed by atoms with E-state index in [-0.39, 0.29) is 18.9 Å². The lowest BCUT2D eigenvalue weighted by Gasteiger charge is -2.48. The Bertz CT molecular complexity index is 1730. The van der Waals surface area contributed by atoms with E-state index in [0.29, 0.717) is 12.8 Å². The van der Waals surface area contributed by atoms with Gasteiger partial charge in [-0.1, -0.05) is 164 Å². The van der Waals surface area contributed by atoms with Crippen molar-refractivity contribution in [1.29, 1.82) is 0 Å². The summed E-state index contributed by atoms with van der Waals surface area (Å²) >= 11 is 0. The summed E-state index contributed by atoms with van der Waals surface area (Å²) in [5.41, 5.74) is 0. The van der Waals surface area contributed by atoms with Crippen LogP contribution in [0, 0.1) is 0 Å². The molecule has 3 aliphatic rings. The topological polar surface area (TPSA) is 307 Å². The van der Waals surface area contributed by atoms with E-state index in [9.17, 15) is 61.0 Å². The lowest BCUT2D eigenvalue weighted by atomic mass is 9.96. The Labute approximate surface area is 470 Å². The van der Waals surface area contributed by atoms with Gasteiger partial charge in [-0.2, -0.15) is 0 Å². The van der Waals surface area contributed by atoms with Gasteiger partial charge in [-0.3, -0.25) is 4.79 Å². The molecule has 3 rings (SSSR count). The molecule has 19 heteroatoms. The van der Waals surface area contributed by atoms with Gasteiger partial charge in [-0.15, -0.1) is 0 Å². The molecule has 12 N–H and O–H groups in total. The highest BCUT2D eigenvalue weighted by atomic mass is 16.8. The molecule has 0 saturated carbocycles. The Morgan fingerprint density at radius 2 is 0.886 bits per heavy atom. The molecule has 19 nitrogen and oxygen atoms in total. The molecule has 3 heterocycles. The maximum absolute atomic E-state index is 13.3. The van der Waals surface area contributed by atoms with Crippen molar-refractivity contribution in [3.63, 3.8) is 0 Å². The average Bonchev–Trinajstić information content (AvgIpc) is 3.47. The molecule has 3 fully saturated rings. The first-order chi connectivity index (χ1) is 38.3. The molecule has 3 aliphatic heterocycles. The summed E-state index contributed by atoms with van der Waals surface area (Å²) in [6.45, 7) is 1.50. The second kappa shape index (κ2) is 43.0. The summed E-state index contributed by atoms with van der Waals surface area (Å²) < 4.78 is 34.1. The van der Waals surface area contributed by atoms with Crippen LogP contribution in [-0.2, 0) is 33.2 Å². The van der Waals surface area contributed by atoms with Crippen molar-refractivity contribution in [2.24, 2.45) is 0 Å². The molecule has 0 aromatic rings. The molecular weight excluding hydrogens is 1020 g/mol. The molecule has 0 aromatic heterocycles. The Morgan fingerprint density at radius 1 is 0.468 bits per heavy atom. The molecule has 0 aromatic carbocycles. The second-order valence-electron chi connectivity index (χ2n) is 21.1. The van der Waals surface area contributed by atoms with Crippen LogP contribution in [0.5, 0.6) is 0 Å². The number of carbonyl (C=O) groups excluding carboxylic acids is 1. The quantitative estimate of drug-likeness (QED) is 0.0282. The number of aliphatic hydroxyl groups is 11. The first kappa shape index (κ1) is 70.5. The zero-order chi connectivity index (χ0) is 57.6. The van der Waals surface area contributed by atoms with Gasteiger partial charge in [0.25, 0.3) is 0 Å². The predicted molar refractivity (Wildman–Crippen MR) is 300 cm³/mol. The van der Waals surface area contributed by atoms with Crippen molar-refractivity contribution in [3.05, 3.63) is 72.9 Å². The van der Waals surface area contributed by atoms with Crippen LogP contribution >= 0.6 is 0 Å². The lowest BCUT2D eigenvalue weighted by Crippen LogP contribution is -2.66. The maximum Gasteiger partial charge on any atom is 0.220 e. The van der Waals surface area contributed by atoms with Gasteiger partial charge in [0, 0.05) is 6.42 Å². The van der Waals surface area contributed by atoms with Gasteiger partial charge in [0.05, 0.1) is 38.6 Å². The molecule has 17 atom stereocenters. The monoisotopic (exact) mass is 1130 g/mol. The van der Waals surface area contributed by atoms with Crippen molar-refractivity contribution in [1.82, 2.24) is 5.32 Å². The van der Waals surface area contributed by atoms with Crippen LogP contribution in [0.15, 0.2) is 72.9 Å². The van der Waals surface area contributed by atoms with Crippen LogP contribution < -0.4 is 5.32 Å². The van der Waals surface area contributed by atoms with Crippen molar-refractivity contribution in [2.75, 3.05) is 26.4 Å². The largest absolute Gasteiger partial charge is 0.394 e. The molecule has 3 saturated heterocycles. The number of carbonyl (C=O) groups is 1. The van der Waals surface area contributed by atoms with Crippen LogP contribution in [0.2, 0.25) is 0 Å². The number of hydrogen-bond donors (Lipinski definition) is 12. The predicted octanol–water partition coefficient (Wildman–Crippen LogP) is 5.04. The fourth-order valence-corrected chi connectivity index (χ4v) is 9.61. The van der Waals surface area contributed by atoms with E-state index in [2.05, 4.69) is 79.9 Å². The maximum atomic E-state index is 13.3. The zero-order valence-corrected chi connectivity index (χ0v) is 47.3. The lowest BCUT2D eigenvalue weighted by molar-refractivity contribution is -0.379. The Balaban J connectivity index is 1.43. The SMILES string of the molecule is CC/C=C\C/C=C\C/C=C\C/C=C\CCCCCCCCCCCCCCC(=O)NC(COC1OC(CO)C(OC2OC(CO)C(OC3OC(CO)C(O)C(O)C3O)C(O)C2O)C(O)C1O)C(O)/C=C/CC/C=C/CCCCC. The summed E-state index contributed by atoms with van der Waals surface area (Å²) in [5, 5.41) is 120. The van der Waals surface area contributed by atoms with Gasteiger partial charge in [0.15, 0.2) is 18.9 Å². The van der Waals surface area contributed by atoms with Crippen molar-refractivity contribution in [3.8, 4) is 0 Å². The Morgan fingerprint density at radius 3 is 1.42 bits per heavy atom. The summed E-state index contributed by atoms with van der Waals surface area (Å²) in [6, 6.07) is -0.992. The molecular formula is C60H103NO18. The summed E-state index contributed by atoms with van der Waals surface area (Å²) in [7, 11) is 0. The van der Waals surface area contributed by atoms with E-state index in [0.717, 1.165) is 83.5 Å². The highest BCUT2D eigenvalue weighted by molar-refractivity contribution is 5.76. The van der Waals surface area contributed by atoms with Crippen LogP contribution in [-0.4, -0.2) is 193 Å². The Hall–Kier alpha value is -2.77. The number of rotatable bonds is 42. The normalized spacial score (nSPS) is 30.8. The average molecular weight is 1130 g/mol. The van der Waals surface area contributed by atoms with E-state index in [1.54, 1.807) is 6.08 Å². The van der Waals surface area contributed by atoms with Crippen molar-refractivity contribution in [2.45, 2.75) is 272 Å². The van der Waals surface area contributed by atoms with Gasteiger partial charge in [0.1, 0.15) is 73.2 Å². The van der Waals surface area contributed by atoms with Crippen LogP contribution in [0.4, 0.5) is 0 Å². The summed E-state index contributed by atoms with van der Waals surface area (Å²) in [6.07, 6.45) is 23.4. The fraction of sp³-hybridized carbons (Fsp3) is 0.783. The van der Waals surface area contributed by atoms with Gasteiger partial charge in [-0.05, 0) is 70.6 Å². The molecule has 0 spiro atoms. The minimum absolute atomic E-state index is 0.229. The number of ether oxygens (including phenoxy) is 6. The van der Waals surface area contributed by atoms with Gasteiger partial charge >= 0.3 is 0 Å². The number of aliphatic hydroxyl groups excluding tert-OH is 11. The first-order valence-electron chi connectivity index (χ1n) is 29.7. The molecule has 17 unspecified atom stereocenters. The second-order valence-corrected chi connectivity index (χ2v) is 21.1. The van der Waals surface area contributed by atoms with E-state index < -0.39 is 124 Å². The number of nitrogens with one attached hydrogen (secondary N) is 1. The number of unbranched alkanes of at least 4 members (excludes halogenated alkanes) is 16. The highest BCUT2D eigenvalue weighted by Crippen LogP contribution is 2.33. The van der Waals surface area contributed by atoms with E-state index in [1.807, 2.05) is 6.08 Å². The highest BCUT2D eigenvalue weighted by Gasteiger charge is 2.53. The molecule has 0 bridgehead atoms.